The van der Waals surface area contributed by atoms with E-state index >= 15 is 0 Å². The standard InChI is InChI=1S/C14H20Cl2N2O2S/c1-14(2)7-4-8-17-12(14)9-18-21(19,20)13-10(15)5-3-6-11(13)16/h3,5-6,12,17-18H,4,7-9H2,1-2H3. The lowest BCUT2D eigenvalue weighted by Crippen LogP contribution is -2.52. The molecule has 2 N–H and O–H groups in total. The van der Waals surface area contributed by atoms with E-state index in [-0.39, 0.29) is 26.4 Å². The quantitative estimate of drug-likeness (QED) is 0.877. The van der Waals surface area contributed by atoms with Gasteiger partial charge < -0.3 is 5.32 Å². The van der Waals surface area contributed by atoms with Crippen LogP contribution in [0.2, 0.25) is 10.0 Å². The molecule has 1 unspecified atom stereocenters. The number of nitrogens with one attached hydrogen (secondary N) is 2. The van der Waals surface area contributed by atoms with Crippen molar-refractivity contribution < 1.29 is 8.42 Å². The Morgan fingerprint density at radius 3 is 2.52 bits per heavy atom. The smallest absolute Gasteiger partial charge is 0.243 e. The molecular weight excluding hydrogens is 331 g/mol. The van der Waals surface area contributed by atoms with E-state index in [4.69, 9.17) is 23.2 Å². The summed E-state index contributed by atoms with van der Waals surface area (Å²) in [4.78, 5) is -0.0538. The Balaban J connectivity index is 2.15. The molecule has 1 aliphatic heterocycles. The maximum absolute atomic E-state index is 12.4. The van der Waals surface area contributed by atoms with E-state index < -0.39 is 10.0 Å². The maximum Gasteiger partial charge on any atom is 0.243 e. The molecule has 0 aliphatic carbocycles. The normalized spacial score (nSPS) is 22.2. The van der Waals surface area contributed by atoms with Crippen LogP contribution in [-0.2, 0) is 10.0 Å². The maximum atomic E-state index is 12.4. The van der Waals surface area contributed by atoms with Gasteiger partial charge in [0.25, 0.3) is 0 Å². The molecule has 2 rings (SSSR count). The number of rotatable bonds is 4. The van der Waals surface area contributed by atoms with E-state index in [9.17, 15) is 8.42 Å². The van der Waals surface area contributed by atoms with Crippen molar-refractivity contribution in [3.8, 4) is 0 Å². The Hall–Kier alpha value is -0.330. The number of halogens is 2. The molecule has 0 amide bonds. The molecule has 1 fully saturated rings. The molecule has 1 atom stereocenters. The van der Waals surface area contributed by atoms with Gasteiger partial charge in [0.15, 0.2) is 0 Å². The first-order valence-corrected chi connectivity index (χ1v) is 9.15. The molecule has 1 aromatic carbocycles. The van der Waals surface area contributed by atoms with Crippen LogP contribution >= 0.6 is 23.2 Å². The largest absolute Gasteiger partial charge is 0.312 e. The molecule has 4 nitrogen and oxygen atoms in total. The number of piperidine rings is 1. The third kappa shape index (κ3) is 3.90. The molecule has 0 saturated carbocycles. The van der Waals surface area contributed by atoms with Gasteiger partial charge in [-0.15, -0.1) is 0 Å². The van der Waals surface area contributed by atoms with Crippen molar-refractivity contribution in [3.63, 3.8) is 0 Å². The molecular formula is C14H20Cl2N2O2S. The van der Waals surface area contributed by atoms with Gasteiger partial charge in [-0.25, -0.2) is 13.1 Å². The molecule has 0 bridgehead atoms. The lowest BCUT2D eigenvalue weighted by molar-refractivity contribution is 0.181. The van der Waals surface area contributed by atoms with Gasteiger partial charge in [0.05, 0.1) is 10.0 Å². The minimum absolute atomic E-state index is 0.0467. The molecule has 0 aromatic heterocycles. The molecule has 118 valence electrons. The lowest BCUT2D eigenvalue weighted by atomic mass is 9.78. The summed E-state index contributed by atoms with van der Waals surface area (Å²) in [6.45, 7) is 5.50. The van der Waals surface area contributed by atoms with Crippen LogP contribution < -0.4 is 10.0 Å². The van der Waals surface area contributed by atoms with E-state index in [2.05, 4.69) is 23.9 Å². The van der Waals surface area contributed by atoms with Crippen LogP contribution in [0.25, 0.3) is 0 Å². The van der Waals surface area contributed by atoms with E-state index in [0.717, 1.165) is 19.4 Å². The van der Waals surface area contributed by atoms with Crippen LogP contribution in [0.5, 0.6) is 0 Å². The third-order valence-corrected chi connectivity index (χ3v) is 6.38. The molecule has 1 aromatic rings. The number of hydrogen-bond acceptors (Lipinski definition) is 3. The lowest BCUT2D eigenvalue weighted by Gasteiger charge is -2.39. The first-order valence-electron chi connectivity index (χ1n) is 6.91. The van der Waals surface area contributed by atoms with Gasteiger partial charge >= 0.3 is 0 Å². The van der Waals surface area contributed by atoms with Crippen molar-refractivity contribution in [3.05, 3.63) is 28.2 Å². The highest BCUT2D eigenvalue weighted by atomic mass is 35.5. The number of hydrogen-bond donors (Lipinski definition) is 2. The summed E-state index contributed by atoms with van der Waals surface area (Å²) in [5.74, 6) is 0. The summed E-state index contributed by atoms with van der Waals surface area (Å²) in [6, 6.07) is 4.74. The zero-order valence-corrected chi connectivity index (χ0v) is 14.4. The summed E-state index contributed by atoms with van der Waals surface area (Å²) in [7, 11) is -3.73. The first kappa shape index (κ1) is 17.0. The number of benzene rings is 1. The Bertz CT molecular complexity index is 597. The minimum atomic E-state index is -3.73. The second-order valence-corrected chi connectivity index (χ2v) is 8.52. The highest BCUT2D eigenvalue weighted by Crippen LogP contribution is 2.31. The van der Waals surface area contributed by atoms with Crippen LogP contribution in [0.15, 0.2) is 23.1 Å². The summed E-state index contributed by atoms with van der Waals surface area (Å²) in [5.41, 5.74) is 0.0467. The SMILES string of the molecule is CC1(C)CCCNC1CNS(=O)(=O)c1c(Cl)cccc1Cl. The molecule has 0 radical (unpaired) electrons. The van der Waals surface area contributed by atoms with Gasteiger partial charge in [-0.05, 0) is 36.9 Å². The third-order valence-electron chi connectivity index (χ3n) is 4.00. The van der Waals surface area contributed by atoms with E-state index in [1.807, 2.05) is 0 Å². The fourth-order valence-corrected chi connectivity index (χ4v) is 4.81. The van der Waals surface area contributed by atoms with Crippen molar-refractivity contribution in [1.29, 1.82) is 0 Å². The van der Waals surface area contributed by atoms with E-state index in [0.29, 0.717) is 6.54 Å². The average molecular weight is 351 g/mol. The first-order chi connectivity index (χ1) is 9.74. The van der Waals surface area contributed by atoms with E-state index in [1.165, 1.54) is 12.1 Å². The van der Waals surface area contributed by atoms with Gasteiger partial charge in [-0.3, -0.25) is 0 Å². The van der Waals surface area contributed by atoms with E-state index in [1.54, 1.807) is 6.07 Å². The summed E-state index contributed by atoms with van der Waals surface area (Å²) in [6.07, 6.45) is 2.17. The average Bonchev–Trinajstić information content (AvgIpc) is 2.36. The van der Waals surface area contributed by atoms with Crippen LogP contribution in [0.4, 0.5) is 0 Å². The van der Waals surface area contributed by atoms with Crippen molar-refractivity contribution in [2.75, 3.05) is 13.1 Å². The van der Waals surface area contributed by atoms with Crippen molar-refractivity contribution >= 4 is 33.2 Å². The molecule has 0 spiro atoms. The summed E-state index contributed by atoms with van der Waals surface area (Å²) >= 11 is 11.9. The zero-order valence-electron chi connectivity index (χ0n) is 12.1. The Kier molecular flexibility index (Phi) is 5.21. The summed E-state index contributed by atoms with van der Waals surface area (Å²) < 4.78 is 27.5. The molecule has 1 saturated heterocycles. The van der Waals surface area contributed by atoms with Crippen molar-refractivity contribution in [1.82, 2.24) is 10.0 Å². The van der Waals surface area contributed by atoms with Crippen LogP contribution in [-0.4, -0.2) is 27.5 Å². The predicted octanol–water partition coefficient (Wildman–Crippen LogP) is 3.05. The summed E-state index contributed by atoms with van der Waals surface area (Å²) in [5, 5.41) is 3.63. The zero-order chi connectivity index (χ0) is 15.7. The monoisotopic (exact) mass is 350 g/mol. The topological polar surface area (TPSA) is 58.2 Å². The fraction of sp³-hybridized carbons (Fsp3) is 0.571. The van der Waals surface area contributed by atoms with Crippen molar-refractivity contribution in [2.45, 2.75) is 37.6 Å². The molecule has 21 heavy (non-hydrogen) atoms. The Morgan fingerprint density at radius 2 is 1.95 bits per heavy atom. The van der Waals surface area contributed by atoms with Gasteiger partial charge in [-0.1, -0.05) is 43.1 Å². The Labute approximate surface area is 136 Å². The van der Waals surface area contributed by atoms with Gasteiger partial charge in [-0.2, -0.15) is 0 Å². The van der Waals surface area contributed by atoms with Crippen LogP contribution in [0.3, 0.4) is 0 Å². The van der Waals surface area contributed by atoms with Gasteiger partial charge in [0, 0.05) is 12.6 Å². The molecule has 1 aliphatic rings. The Morgan fingerprint density at radius 1 is 1.33 bits per heavy atom. The number of sulfonamides is 1. The van der Waals surface area contributed by atoms with Gasteiger partial charge in [0.2, 0.25) is 10.0 Å². The minimum Gasteiger partial charge on any atom is -0.312 e. The van der Waals surface area contributed by atoms with Crippen LogP contribution in [0.1, 0.15) is 26.7 Å². The van der Waals surface area contributed by atoms with Gasteiger partial charge in [0.1, 0.15) is 4.90 Å². The second-order valence-electron chi connectivity index (χ2n) is 6.00. The van der Waals surface area contributed by atoms with Crippen LogP contribution in [0, 0.1) is 5.41 Å². The molecule has 1 heterocycles. The predicted molar refractivity (Wildman–Crippen MR) is 86.5 cm³/mol. The fourth-order valence-electron chi connectivity index (χ4n) is 2.62. The highest BCUT2D eigenvalue weighted by molar-refractivity contribution is 7.89. The molecule has 7 heteroatoms. The highest BCUT2D eigenvalue weighted by Gasteiger charge is 2.33. The van der Waals surface area contributed by atoms with Crippen molar-refractivity contribution in [2.24, 2.45) is 5.41 Å². The second kappa shape index (κ2) is 6.42.